The Bertz CT molecular complexity index is 581. The molecule has 3 rings (SSSR count). The molecule has 2 saturated heterocycles. The molecule has 7 heteroatoms. The van der Waals surface area contributed by atoms with E-state index in [0.717, 1.165) is 36.4 Å². The first-order chi connectivity index (χ1) is 10.7. The molecule has 0 aromatic carbocycles. The van der Waals surface area contributed by atoms with Gasteiger partial charge in [-0.3, -0.25) is 4.98 Å². The van der Waals surface area contributed by atoms with Crippen molar-refractivity contribution in [2.24, 2.45) is 0 Å². The molecule has 0 radical (unpaired) electrons. The lowest BCUT2D eigenvalue weighted by Gasteiger charge is -2.33. The van der Waals surface area contributed by atoms with Crippen LogP contribution in [0.3, 0.4) is 0 Å². The minimum Gasteiger partial charge on any atom is -0.399 e. The molecule has 3 heterocycles. The van der Waals surface area contributed by atoms with Crippen LogP contribution in [0.1, 0.15) is 39.8 Å². The molecule has 0 saturated carbocycles. The Balaban J connectivity index is 1.87. The van der Waals surface area contributed by atoms with Crippen molar-refractivity contribution in [3.8, 4) is 0 Å². The average molecular weight is 335 g/mol. The monoisotopic (exact) mass is 335 g/mol. The van der Waals surface area contributed by atoms with Crippen molar-refractivity contribution in [3.05, 3.63) is 18.0 Å². The summed E-state index contributed by atoms with van der Waals surface area (Å²) < 4.78 is 16.9. The zero-order chi connectivity index (χ0) is 16.8. The summed E-state index contributed by atoms with van der Waals surface area (Å²) in [5, 5.41) is 0. The van der Waals surface area contributed by atoms with E-state index in [9.17, 15) is 0 Å². The predicted molar refractivity (Wildman–Crippen MR) is 96.9 cm³/mol. The fourth-order valence-electron chi connectivity index (χ4n) is 2.75. The third-order valence-corrected chi connectivity index (χ3v) is 5.99. The second kappa shape index (κ2) is 5.95. The van der Waals surface area contributed by atoms with Crippen molar-refractivity contribution in [3.63, 3.8) is 0 Å². The number of pyridine rings is 1. The van der Waals surface area contributed by atoms with Gasteiger partial charge in [0.15, 0.2) is 0 Å². The molecule has 1 aromatic heterocycles. The lowest BCUT2D eigenvalue weighted by Crippen LogP contribution is -2.41. The van der Waals surface area contributed by atoms with E-state index in [1.165, 1.54) is 0 Å². The van der Waals surface area contributed by atoms with Gasteiger partial charge in [0.05, 0.1) is 22.6 Å². The van der Waals surface area contributed by atoms with Gasteiger partial charge in [0.1, 0.15) is 0 Å². The van der Waals surface area contributed by atoms with Crippen molar-refractivity contribution in [1.29, 1.82) is 0 Å². The molecule has 0 atom stereocenters. The molecular weight excluding hydrogens is 309 g/mol. The van der Waals surface area contributed by atoms with Crippen molar-refractivity contribution in [1.82, 2.24) is 9.29 Å². The molecule has 0 aliphatic carbocycles. The van der Waals surface area contributed by atoms with Crippen LogP contribution in [0.5, 0.6) is 0 Å². The number of rotatable bonds is 2. The molecule has 0 amide bonds. The van der Waals surface area contributed by atoms with E-state index in [1.807, 2.05) is 6.20 Å². The van der Waals surface area contributed by atoms with Crippen molar-refractivity contribution >= 4 is 30.4 Å². The summed E-state index contributed by atoms with van der Waals surface area (Å²) in [6, 6.07) is 2.16. The quantitative estimate of drug-likeness (QED) is 0.610. The first-order valence-electron chi connectivity index (χ1n) is 8.18. The van der Waals surface area contributed by atoms with Crippen LogP contribution >= 0.6 is 12.1 Å². The van der Waals surface area contributed by atoms with Crippen LogP contribution in [-0.4, -0.2) is 47.7 Å². The van der Waals surface area contributed by atoms with E-state index >= 15 is 0 Å². The normalized spacial score (nSPS) is 24.3. The van der Waals surface area contributed by atoms with E-state index in [2.05, 4.69) is 61.3 Å². The summed E-state index contributed by atoms with van der Waals surface area (Å²) in [6.07, 6.45) is 3.03. The standard InChI is InChI=1S/C16H26BN3O2S/c1-12-14(20-9-7-8-19(6)23-20)10-13(11-18-12)17-21-15(2,3)16(4,5)22-17/h10-11H,7-9H2,1-6H3. The van der Waals surface area contributed by atoms with Gasteiger partial charge in [-0.25, -0.2) is 4.31 Å². The fourth-order valence-corrected chi connectivity index (χ4v) is 3.78. The van der Waals surface area contributed by atoms with Crippen LogP contribution in [-0.2, 0) is 9.31 Å². The van der Waals surface area contributed by atoms with Crippen LogP contribution in [0.15, 0.2) is 12.3 Å². The smallest absolute Gasteiger partial charge is 0.399 e. The number of aromatic nitrogens is 1. The van der Waals surface area contributed by atoms with Gasteiger partial charge in [-0.1, -0.05) is 0 Å². The highest BCUT2D eigenvalue weighted by atomic mass is 32.2. The summed E-state index contributed by atoms with van der Waals surface area (Å²) in [5.41, 5.74) is 2.51. The maximum absolute atomic E-state index is 6.16. The predicted octanol–water partition coefficient (Wildman–Crippen LogP) is 2.39. The maximum Gasteiger partial charge on any atom is 0.496 e. The number of hydrogen-bond acceptors (Lipinski definition) is 6. The van der Waals surface area contributed by atoms with Crippen LogP contribution in [0.25, 0.3) is 0 Å². The van der Waals surface area contributed by atoms with Gasteiger partial charge in [-0.05, 0) is 54.2 Å². The van der Waals surface area contributed by atoms with Crippen LogP contribution < -0.4 is 9.77 Å². The number of aryl methyl sites for hydroxylation is 1. The first-order valence-corrected chi connectivity index (χ1v) is 8.91. The second-order valence-corrected chi connectivity index (χ2v) is 8.58. The van der Waals surface area contributed by atoms with E-state index in [4.69, 9.17) is 9.31 Å². The molecule has 0 N–H and O–H groups in total. The van der Waals surface area contributed by atoms with Gasteiger partial charge in [-0.2, -0.15) is 0 Å². The van der Waals surface area contributed by atoms with E-state index in [0.29, 0.717) is 0 Å². The fraction of sp³-hybridized carbons (Fsp3) is 0.688. The molecule has 2 fully saturated rings. The van der Waals surface area contributed by atoms with Gasteiger partial charge in [0.2, 0.25) is 0 Å². The van der Waals surface area contributed by atoms with Gasteiger partial charge in [0.25, 0.3) is 0 Å². The highest BCUT2D eigenvalue weighted by Gasteiger charge is 2.52. The molecule has 126 valence electrons. The number of nitrogens with zero attached hydrogens (tertiary/aromatic N) is 3. The van der Waals surface area contributed by atoms with Gasteiger partial charge in [0, 0.05) is 36.9 Å². The zero-order valence-electron chi connectivity index (χ0n) is 14.9. The summed E-state index contributed by atoms with van der Waals surface area (Å²) in [6.45, 7) is 12.5. The summed E-state index contributed by atoms with van der Waals surface area (Å²) >= 11 is 1.75. The van der Waals surface area contributed by atoms with Crippen molar-refractivity contribution in [2.75, 3.05) is 24.4 Å². The maximum atomic E-state index is 6.16. The zero-order valence-corrected chi connectivity index (χ0v) is 15.7. The minimum absolute atomic E-state index is 0.331. The molecular formula is C16H26BN3O2S. The molecule has 2 aliphatic rings. The largest absolute Gasteiger partial charge is 0.496 e. The van der Waals surface area contributed by atoms with E-state index in [-0.39, 0.29) is 18.3 Å². The summed E-state index contributed by atoms with van der Waals surface area (Å²) in [7, 11) is 1.76. The topological polar surface area (TPSA) is 37.8 Å². The van der Waals surface area contributed by atoms with E-state index < -0.39 is 0 Å². The summed E-state index contributed by atoms with van der Waals surface area (Å²) in [4.78, 5) is 4.59. The Hall–Kier alpha value is -0.755. The van der Waals surface area contributed by atoms with E-state index in [1.54, 1.807) is 12.1 Å². The lowest BCUT2D eigenvalue weighted by molar-refractivity contribution is 0.00578. The van der Waals surface area contributed by atoms with Crippen molar-refractivity contribution in [2.45, 2.75) is 52.2 Å². The molecule has 2 aliphatic heterocycles. The average Bonchev–Trinajstić information content (AvgIpc) is 2.68. The Morgan fingerprint density at radius 3 is 2.43 bits per heavy atom. The summed E-state index contributed by atoms with van der Waals surface area (Å²) in [5.74, 6) is 0. The highest BCUT2D eigenvalue weighted by molar-refractivity contribution is 7.98. The van der Waals surface area contributed by atoms with Crippen molar-refractivity contribution < 1.29 is 9.31 Å². The van der Waals surface area contributed by atoms with Crippen LogP contribution in [0, 0.1) is 6.92 Å². The molecule has 5 nitrogen and oxygen atoms in total. The Labute approximate surface area is 144 Å². The third-order valence-electron chi connectivity index (χ3n) is 4.95. The Morgan fingerprint density at radius 1 is 1.17 bits per heavy atom. The van der Waals surface area contributed by atoms with Gasteiger partial charge >= 0.3 is 7.12 Å². The molecule has 1 aromatic rings. The Kier molecular flexibility index (Phi) is 4.42. The molecule has 0 bridgehead atoms. The van der Waals surface area contributed by atoms with Crippen LogP contribution in [0.2, 0.25) is 0 Å². The number of hydrogen-bond donors (Lipinski definition) is 0. The lowest BCUT2D eigenvalue weighted by atomic mass is 9.80. The highest BCUT2D eigenvalue weighted by Crippen LogP contribution is 2.37. The minimum atomic E-state index is -0.362. The van der Waals surface area contributed by atoms with Crippen LogP contribution in [0.4, 0.5) is 5.69 Å². The molecule has 23 heavy (non-hydrogen) atoms. The number of anilines is 1. The first kappa shape index (κ1) is 17.1. The molecule has 0 spiro atoms. The third kappa shape index (κ3) is 3.24. The molecule has 0 unspecified atom stereocenters. The van der Waals surface area contributed by atoms with Gasteiger partial charge in [-0.15, -0.1) is 0 Å². The Morgan fingerprint density at radius 2 is 1.83 bits per heavy atom. The van der Waals surface area contributed by atoms with Gasteiger partial charge < -0.3 is 13.6 Å². The second-order valence-electron chi connectivity index (χ2n) is 7.35. The SMILES string of the molecule is Cc1ncc(B2OC(C)(C)C(C)(C)O2)cc1N1CCCN(C)S1.